The zero-order chi connectivity index (χ0) is 13.6. The molecule has 0 spiro atoms. The third kappa shape index (κ3) is 2.11. The lowest BCUT2D eigenvalue weighted by Gasteiger charge is -2.03. The molecule has 1 aliphatic carbocycles. The molecule has 4 nitrogen and oxygen atoms in total. The summed E-state index contributed by atoms with van der Waals surface area (Å²) in [5.41, 5.74) is 3.96. The summed E-state index contributed by atoms with van der Waals surface area (Å²) in [7, 11) is 0. The van der Waals surface area contributed by atoms with Gasteiger partial charge in [-0.05, 0) is 50.3 Å². The molecule has 1 heterocycles. The zero-order valence-electron chi connectivity index (χ0n) is 11.1. The highest BCUT2D eigenvalue weighted by atomic mass is 16.4. The number of rotatable bonds is 2. The molecule has 0 aliphatic heterocycles. The SMILES string of the molecule is Cc1cc(C)c2oc(C3CCC(C(=O)O)C3)nc2c1. The van der Waals surface area contributed by atoms with Gasteiger partial charge in [0.1, 0.15) is 5.52 Å². The van der Waals surface area contributed by atoms with Crippen molar-refractivity contribution in [3.63, 3.8) is 0 Å². The van der Waals surface area contributed by atoms with Crippen LogP contribution < -0.4 is 0 Å². The van der Waals surface area contributed by atoms with Crippen LogP contribution in [0.5, 0.6) is 0 Å². The largest absolute Gasteiger partial charge is 0.481 e. The number of benzene rings is 1. The van der Waals surface area contributed by atoms with Crippen LogP contribution in [0, 0.1) is 19.8 Å². The van der Waals surface area contributed by atoms with Gasteiger partial charge in [-0.2, -0.15) is 0 Å². The summed E-state index contributed by atoms with van der Waals surface area (Å²) in [6, 6.07) is 4.09. The first kappa shape index (κ1) is 12.2. The van der Waals surface area contributed by atoms with Crippen molar-refractivity contribution in [1.82, 2.24) is 4.98 Å². The van der Waals surface area contributed by atoms with E-state index in [4.69, 9.17) is 9.52 Å². The van der Waals surface area contributed by atoms with Gasteiger partial charge in [-0.15, -0.1) is 0 Å². The summed E-state index contributed by atoms with van der Waals surface area (Å²) >= 11 is 0. The number of hydrogen-bond acceptors (Lipinski definition) is 3. The molecule has 3 rings (SSSR count). The number of oxazole rings is 1. The lowest BCUT2D eigenvalue weighted by Crippen LogP contribution is -2.09. The molecule has 0 radical (unpaired) electrons. The number of hydrogen-bond donors (Lipinski definition) is 1. The normalized spacial score (nSPS) is 23.1. The van der Waals surface area contributed by atoms with E-state index in [9.17, 15) is 4.79 Å². The van der Waals surface area contributed by atoms with Crippen molar-refractivity contribution in [3.8, 4) is 0 Å². The Hall–Kier alpha value is -1.84. The molecule has 1 N–H and O–H groups in total. The van der Waals surface area contributed by atoms with Gasteiger partial charge in [-0.25, -0.2) is 4.98 Å². The molecule has 1 fully saturated rings. The van der Waals surface area contributed by atoms with Gasteiger partial charge in [0, 0.05) is 5.92 Å². The Bertz CT molecular complexity index is 644. The average molecular weight is 259 g/mol. The quantitative estimate of drug-likeness (QED) is 0.897. The summed E-state index contributed by atoms with van der Waals surface area (Å²) in [6.45, 7) is 4.05. The van der Waals surface area contributed by atoms with Crippen molar-refractivity contribution in [1.29, 1.82) is 0 Å². The van der Waals surface area contributed by atoms with E-state index >= 15 is 0 Å². The molecule has 2 atom stereocenters. The zero-order valence-corrected chi connectivity index (χ0v) is 11.1. The van der Waals surface area contributed by atoms with Crippen LogP contribution in [0.3, 0.4) is 0 Å². The number of fused-ring (bicyclic) bond motifs is 1. The predicted molar refractivity (Wildman–Crippen MR) is 71.2 cm³/mol. The van der Waals surface area contributed by atoms with Crippen molar-refractivity contribution in [2.75, 3.05) is 0 Å². The van der Waals surface area contributed by atoms with Crippen LogP contribution in [0.25, 0.3) is 11.1 Å². The molecule has 2 unspecified atom stereocenters. The summed E-state index contributed by atoms with van der Waals surface area (Å²) < 4.78 is 5.86. The molecule has 100 valence electrons. The van der Waals surface area contributed by atoms with Crippen LogP contribution in [0.1, 0.15) is 42.2 Å². The highest BCUT2D eigenvalue weighted by Crippen LogP contribution is 2.39. The van der Waals surface area contributed by atoms with Gasteiger partial charge < -0.3 is 9.52 Å². The lowest BCUT2D eigenvalue weighted by atomic mass is 10.1. The first-order chi connectivity index (χ1) is 9.04. The van der Waals surface area contributed by atoms with Crippen LogP contribution in [0.4, 0.5) is 0 Å². The van der Waals surface area contributed by atoms with Crippen LogP contribution in [-0.4, -0.2) is 16.1 Å². The highest BCUT2D eigenvalue weighted by molar-refractivity contribution is 5.77. The van der Waals surface area contributed by atoms with Crippen molar-refractivity contribution in [2.45, 2.75) is 39.0 Å². The van der Waals surface area contributed by atoms with Gasteiger partial charge in [0.15, 0.2) is 11.5 Å². The number of carbonyl (C=O) groups is 1. The Morgan fingerprint density at radius 1 is 1.37 bits per heavy atom. The molecule has 1 saturated carbocycles. The van der Waals surface area contributed by atoms with E-state index in [0.29, 0.717) is 12.3 Å². The van der Waals surface area contributed by atoms with Crippen molar-refractivity contribution >= 4 is 17.1 Å². The second-order valence-corrected chi connectivity index (χ2v) is 5.53. The first-order valence-corrected chi connectivity index (χ1v) is 6.65. The summed E-state index contributed by atoms with van der Waals surface area (Å²) in [4.78, 5) is 15.5. The molecule has 2 aromatic rings. The minimum absolute atomic E-state index is 0.146. The number of aliphatic carboxylic acids is 1. The summed E-state index contributed by atoms with van der Waals surface area (Å²) in [6.07, 6.45) is 2.21. The van der Waals surface area contributed by atoms with Crippen molar-refractivity contribution < 1.29 is 14.3 Å². The van der Waals surface area contributed by atoms with Crippen molar-refractivity contribution in [3.05, 3.63) is 29.2 Å². The molecule has 1 aromatic heterocycles. The summed E-state index contributed by atoms with van der Waals surface area (Å²) in [5.74, 6) is -0.103. The smallest absolute Gasteiger partial charge is 0.306 e. The minimum Gasteiger partial charge on any atom is -0.481 e. The number of carboxylic acid groups (broad SMARTS) is 1. The maximum atomic E-state index is 11.0. The van der Waals surface area contributed by atoms with Gasteiger partial charge >= 0.3 is 5.97 Å². The molecular weight excluding hydrogens is 242 g/mol. The van der Waals surface area contributed by atoms with Gasteiger partial charge in [-0.1, -0.05) is 6.07 Å². The Kier molecular flexibility index (Phi) is 2.81. The van der Waals surface area contributed by atoms with Crippen LogP contribution >= 0.6 is 0 Å². The van der Waals surface area contributed by atoms with Gasteiger partial charge in [0.05, 0.1) is 5.92 Å². The van der Waals surface area contributed by atoms with E-state index < -0.39 is 5.97 Å². The Balaban J connectivity index is 1.94. The Morgan fingerprint density at radius 2 is 2.16 bits per heavy atom. The predicted octanol–water partition coefficient (Wildman–Crippen LogP) is 3.41. The molecule has 0 amide bonds. The molecule has 0 saturated heterocycles. The first-order valence-electron chi connectivity index (χ1n) is 6.65. The molecule has 0 bridgehead atoms. The van der Waals surface area contributed by atoms with Crippen LogP contribution in [0.15, 0.2) is 16.5 Å². The van der Waals surface area contributed by atoms with E-state index in [1.54, 1.807) is 0 Å². The third-order valence-electron chi connectivity index (χ3n) is 3.97. The summed E-state index contributed by atoms with van der Waals surface area (Å²) in [5, 5.41) is 9.05. The van der Waals surface area contributed by atoms with Gasteiger partial charge in [0.2, 0.25) is 0 Å². The molecule has 1 aromatic carbocycles. The maximum Gasteiger partial charge on any atom is 0.306 e. The fourth-order valence-electron chi connectivity index (χ4n) is 3.00. The third-order valence-corrected chi connectivity index (χ3v) is 3.97. The lowest BCUT2D eigenvalue weighted by molar-refractivity contribution is -0.141. The van der Waals surface area contributed by atoms with E-state index in [1.165, 1.54) is 5.56 Å². The second-order valence-electron chi connectivity index (χ2n) is 5.53. The fraction of sp³-hybridized carbons (Fsp3) is 0.467. The molecule has 4 heteroatoms. The topological polar surface area (TPSA) is 63.3 Å². The number of carboxylic acids is 1. The molecular formula is C15H17NO3. The van der Waals surface area contributed by atoms with Crippen LogP contribution in [0.2, 0.25) is 0 Å². The fourth-order valence-corrected chi connectivity index (χ4v) is 3.00. The Morgan fingerprint density at radius 3 is 2.84 bits per heavy atom. The number of nitrogens with zero attached hydrogens (tertiary/aromatic N) is 1. The maximum absolute atomic E-state index is 11.0. The molecule has 1 aliphatic rings. The average Bonchev–Trinajstić information content (AvgIpc) is 2.92. The highest BCUT2D eigenvalue weighted by Gasteiger charge is 2.33. The Labute approximate surface area is 111 Å². The minimum atomic E-state index is -0.703. The number of aryl methyl sites for hydroxylation is 2. The van der Waals surface area contributed by atoms with E-state index in [-0.39, 0.29) is 11.8 Å². The second kappa shape index (κ2) is 4.37. The van der Waals surface area contributed by atoms with Crippen LogP contribution in [-0.2, 0) is 4.79 Å². The standard InChI is InChI=1S/C15H17NO3/c1-8-5-9(2)13-12(6-8)16-14(19-13)10-3-4-11(7-10)15(17)18/h5-6,10-11H,3-4,7H2,1-2H3,(H,17,18). The van der Waals surface area contributed by atoms with E-state index in [2.05, 4.69) is 11.1 Å². The number of aromatic nitrogens is 1. The van der Waals surface area contributed by atoms with E-state index in [1.807, 2.05) is 19.9 Å². The van der Waals surface area contributed by atoms with Crippen molar-refractivity contribution in [2.24, 2.45) is 5.92 Å². The van der Waals surface area contributed by atoms with E-state index in [0.717, 1.165) is 29.5 Å². The monoisotopic (exact) mass is 259 g/mol. The van der Waals surface area contributed by atoms with Gasteiger partial charge in [-0.3, -0.25) is 4.79 Å². The molecule has 19 heavy (non-hydrogen) atoms. The van der Waals surface area contributed by atoms with Gasteiger partial charge in [0.25, 0.3) is 0 Å².